The molecule has 1 saturated carbocycles. The first-order chi connectivity index (χ1) is 8.94. The predicted molar refractivity (Wildman–Crippen MR) is 74.0 cm³/mol. The first-order valence-electron chi connectivity index (χ1n) is 6.43. The summed E-state index contributed by atoms with van der Waals surface area (Å²) in [5, 5.41) is 7.23. The van der Waals surface area contributed by atoms with Gasteiger partial charge in [-0.15, -0.1) is 0 Å². The lowest BCUT2D eigenvalue weighted by atomic mass is 10.4. The molecule has 7 heteroatoms. The number of anilines is 1. The first-order valence-corrected chi connectivity index (χ1v) is 8.49. The average Bonchev–Trinajstić information content (AvgIpc) is 3.11. The maximum Gasteiger partial charge on any atom is 0.268 e. The van der Waals surface area contributed by atoms with Crippen LogP contribution in [-0.2, 0) is 16.4 Å². The zero-order valence-electron chi connectivity index (χ0n) is 11.0. The van der Waals surface area contributed by atoms with E-state index in [9.17, 15) is 13.2 Å². The number of nitrogens with zero attached hydrogens (tertiary/aromatic N) is 2. The summed E-state index contributed by atoms with van der Waals surface area (Å²) in [7, 11) is -2.98. The van der Waals surface area contributed by atoms with Crippen molar-refractivity contribution in [1.82, 2.24) is 9.78 Å². The van der Waals surface area contributed by atoms with Crippen molar-refractivity contribution in [2.45, 2.75) is 25.8 Å². The van der Waals surface area contributed by atoms with Crippen molar-refractivity contribution in [2.24, 2.45) is 5.92 Å². The summed E-state index contributed by atoms with van der Waals surface area (Å²) in [5.41, 5.74) is 0.533. The summed E-state index contributed by atoms with van der Waals surface area (Å²) in [6.45, 7) is 1.22. The molecule has 6 nitrogen and oxygen atoms in total. The van der Waals surface area contributed by atoms with Crippen LogP contribution < -0.4 is 10.9 Å². The van der Waals surface area contributed by atoms with E-state index >= 15 is 0 Å². The van der Waals surface area contributed by atoms with Crippen LogP contribution >= 0.6 is 0 Å². The van der Waals surface area contributed by atoms with Gasteiger partial charge in [0, 0.05) is 25.4 Å². The van der Waals surface area contributed by atoms with Gasteiger partial charge in [0.15, 0.2) is 0 Å². The normalized spacial score (nSPS) is 15.4. The molecule has 0 unspecified atom stereocenters. The number of hydrogen-bond acceptors (Lipinski definition) is 5. The second-order valence-electron chi connectivity index (χ2n) is 5.11. The Kier molecular flexibility index (Phi) is 4.24. The van der Waals surface area contributed by atoms with Gasteiger partial charge in [0.2, 0.25) is 0 Å². The fourth-order valence-electron chi connectivity index (χ4n) is 1.76. The van der Waals surface area contributed by atoms with Crippen LogP contribution in [0.4, 0.5) is 5.69 Å². The molecular weight excluding hydrogens is 266 g/mol. The van der Waals surface area contributed by atoms with E-state index in [1.165, 1.54) is 29.8 Å². The molecule has 0 aromatic carbocycles. The van der Waals surface area contributed by atoms with Crippen molar-refractivity contribution in [3.8, 4) is 0 Å². The van der Waals surface area contributed by atoms with Crippen LogP contribution in [0.2, 0.25) is 0 Å². The molecule has 1 heterocycles. The smallest absolute Gasteiger partial charge is 0.268 e. The molecule has 0 saturated heterocycles. The topological polar surface area (TPSA) is 81.1 Å². The zero-order chi connectivity index (χ0) is 13.9. The van der Waals surface area contributed by atoms with Crippen LogP contribution in [0, 0.1) is 5.92 Å². The molecule has 0 spiro atoms. The lowest BCUT2D eigenvalue weighted by molar-refractivity contribution is 0.556. The molecule has 2 rings (SSSR count). The van der Waals surface area contributed by atoms with Crippen LogP contribution in [0.1, 0.15) is 19.3 Å². The lowest BCUT2D eigenvalue weighted by Gasteiger charge is -2.07. The summed E-state index contributed by atoms with van der Waals surface area (Å²) in [6.07, 6.45) is 5.71. The molecule has 1 N–H and O–H groups in total. The maximum atomic E-state index is 11.8. The second kappa shape index (κ2) is 5.73. The van der Waals surface area contributed by atoms with Gasteiger partial charge in [-0.1, -0.05) is 0 Å². The van der Waals surface area contributed by atoms with Crippen LogP contribution in [0.3, 0.4) is 0 Å². The molecule has 1 aromatic heterocycles. The second-order valence-corrected chi connectivity index (χ2v) is 7.37. The molecule has 1 aliphatic carbocycles. The van der Waals surface area contributed by atoms with Gasteiger partial charge in [0.05, 0.1) is 17.6 Å². The molecule has 0 amide bonds. The van der Waals surface area contributed by atoms with Crippen LogP contribution in [0.5, 0.6) is 0 Å². The van der Waals surface area contributed by atoms with E-state index in [0.29, 0.717) is 13.0 Å². The fraction of sp³-hybridized carbons (Fsp3) is 0.667. The molecule has 0 radical (unpaired) electrons. The van der Waals surface area contributed by atoms with E-state index < -0.39 is 9.84 Å². The highest BCUT2D eigenvalue weighted by Crippen LogP contribution is 2.28. The fourth-order valence-corrected chi connectivity index (χ4v) is 2.41. The Balaban J connectivity index is 1.88. The number of hydrogen-bond donors (Lipinski definition) is 1. The molecule has 19 heavy (non-hydrogen) atoms. The SMILES string of the molecule is CS(=O)(=O)CCCn1ncc(NCC2CC2)cc1=O. The minimum Gasteiger partial charge on any atom is -0.383 e. The van der Waals surface area contributed by atoms with E-state index in [4.69, 9.17) is 0 Å². The standard InChI is InChI=1S/C12H19N3O3S/c1-19(17,18)6-2-5-15-12(16)7-11(9-14-15)13-8-10-3-4-10/h7,9-10,13H,2-6,8H2,1H3. The van der Waals surface area contributed by atoms with Gasteiger partial charge < -0.3 is 5.32 Å². The third-order valence-electron chi connectivity index (χ3n) is 3.05. The van der Waals surface area contributed by atoms with Crippen molar-refractivity contribution >= 4 is 15.5 Å². The highest BCUT2D eigenvalue weighted by Gasteiger charge is 2.20. The molecule has 0 bridgehead atoms. The van der Waals surface area contributed by atoms with E-state index in [1.807, 2.05) is 0 Å². The number of aromatic nitrogens is 2. The Labute approximate surface area is 112 Å². The molecule has 106 valence electrons. The summed E-state index contributed by atoms with van der Waals surface area (Å²) >= 11 is 0. The van der Waals surface area contributed by atoms with Gasteiger partial charge in [0.25, 0.3) is 5.56 Å². The zero-order valence-corrected chi connectivity index (χ0v) is 11.8. The van der Waals surface area contributed by atoms with Gasteiger partial charge in [-0.05, 0) is 25.2 Å². The highest BCUT2D eigenvalue weighted by atomic mass is 32.2. The Bertz CT molecular complexity index is 590. The molecular formula is C12H19N3O3S. The van der Waals surface area contributed by atoms with Crippen molar-refractivity contribution in [1.29, 1.82) is 0 Å². The molecule has 1 aromatic rings. The summed E-state index contributed by atoms with van der Waals surface area (Å²) in [4.78, 5) is 11.8. The maximum absolute atomic E-state index is 11.8. The Morgan fingerprint density at radius 2 is 2.21 bits per heavy atom. The van der Waals surface area contributed by atoms with Crippen molar-refractivity contribution in [2.75, 3.05) is 23.9 Å². The summed E-state index contributed by atoms with van der Waals surface area (Å²) in [6, 6.07) is 1.51. The number of sulfone groups is 1. The summed E-state index contributed by atoms with van der Waals surface area (Å²) in [5.74, 6) is 0.806. The first kappa shape index (κ1) is 14.0. The Morgan fingerprint density at radius 1 is 1.47 bits per heavy atom. The average molecular weight is 285 g/mol. The Morgan fingerprint density at radius 3 is 2.79 bits per heavy atom. The van der Waals surface area contributed by atoms with Gasteiger partial charge in [0.1, 0.15) is 9.84 Å². The quantitative estimate of drug-likeness (QED) is 0.789. The lowest BCUT2D eigenvalue weighted by Crippen LogP contribution is -2.24. The van der Waals surface area contributed by atoms with Gasteiger partial charge in [-0.25, -0.2) is 13.1 Å². The van der Waals surface area contributed by atoms with Gasteiger partial charge in [-0.3, -0.25) is 4.79 Å². The van der Waals surface area contributed by atoms with Crippen molar-refractivity contribution < 1.29 is 8.42 Å². The third kappa shape index (κ3) is 5.02. The molecule has 0 atom stereocenters. The van der Waals surface area contributed by atoms with Crippen LogP contribution in [0.25, 0.3) is 0 Å². The third-order valence-corrected chi connectivity index (χ3v) is 4.08. The molecule has 0 aliphatic heterocycles. The van der Waals surface area contributed by atoms with Crippen LogP contribution in [-0.4, -0.2) is 36.8 Å². The van der Waals surface area contributed by atoms with Crippen molar-refractivity contribution in [3.63, 3.8) is 0 Å². The largest absolute Gasteiger partial charge is 0.383 e. The van der Waals surface area contributed by atoms with E-state index in [2.05, 4.69) is 10.4 Å². The van der Waals surface area contributed by atoms with Gasteiger partial charge in [-0.2, -0.15) is 5.10 Å². The summed E-state index contributed by atoms with van der Waals surface area (Å²) < 4.78 is 23.3. The van der Waals surface area contributed by atoms with Gasteiger partial charge >= 0.3 is 0 Å². The predicted octanol–water partition coefficient (Wildman–Crippen LogP) is 0.500. The monoisotopic (exact) mass is 285 g/mol. The minimum absolute atomic E-state index is 0.0722. The van der Waals surface area contributed by atoms with Crippen molar-refractivity contribution in [3.05, 3.63) is 22.6 Å². The van der Waals surface area contributed by atoms with E-state index in [-0.39, 0.29) is 11.3 Å². The number of rotatable bonds is 7. The van der Waals surface area contributed by atoms with Crippen LogP contribution in [0.15, 0.2) is 17.1 Å². The number of nitrogens with one attached hydrogen (secondary N) is 1. The van der Waals surface area contributed by atoms with E-state index in [1.54, 1.807) is 6.20 Å². The molecule has 1 aliphatic rings. The molecule has 1 fully saturated rings. The highest BCUT2D eigenvalue weighted by molar-refractivity contribution is 7.90. The minimum atomic E-state index is -2.98. The Hall–Kier alpha value is -1.37. The number of aryl methyl sites for hydroxylation is 1. The van der Waals surface area contributed by atoms with E-state index in [0.717, 1.165) is 18.2 Å².